The zero-order valence-corrected chi connectivity index (χ0v) is 19.5. The number of para-hydroxylation sites is 1. The van der Waals surface area contributed by atoms with Gasteiger partial charge in [0.2, 0.25) is 5.91 Å². The van der Waals surface area contributed by atoms with Gasteiger partial charge in [0.05, 0.1) is 22.2 Å². The fourth-order valence-electron chi connectivity index (χ4n) is 6.13. The molecule has 1 spiro atoms. The minimum Gasteiger partial charge on any atom is -0.481 e. The number of carboxylic acids is 1. The average Bonchev–Trinajstić information content (AvgIpc) is 3.27. The number of hydrogen-bond donors (Lipinski definition) is 2. The molecule has 0 radical (unpaired) electrons. The number of ether oxygens (including phenoxy) is 1. The molecular formula is C24H29ClN2O6. The van der Waals surface area contributed by atoms with E-state index in [9.17, 15) is 24.6 Å². The first-order valence-corrected chi connectivity index (χ1v) is 11.5. The van der Waals surface area contributed by atoms with Gasteiger partial charge in [-0.1, -0.05) is 36.7 Å². The number of aliphatic hydroxyl groups excluding tert-OH is 1. The molecule has 0 aromatic heterocycles. The first-order valence-electron chi connectivity index (χ1n) is 11.1. The molecule has 2 amide bonds. The Hall–Kier alpha value is -2.42. The molecule has 0 saturated carbocycles. The maximum Gasteiger partial charge on any atom is 0.310 e. The molecule has 33 heavy (non-hydrogen) atoms. The van der Waals surface area contributed by atoms with Crippen molar-refractivity contribution in [2.75, 3.05) is 24.6 Å². The van der Waals surface area contributed by atoms with Crippen molar-refractivity contribution < 1.29 is 29.3 Å². The lowest BCUT2D eigenvalue weighted by Crippen LogP contribution is -2.57. The van der Waals surface area contributed by atoms with E-state index < -0.39 is 46.9 Å². The van der Waals surface area contributed by atoms with Gasteiger partial charge in [-0.05, 0) is 37.8 Å². The summed E-state index contributed by atoms with van der Waals surface area (Å²) in [5.41, 5.74) is -1.84. The van der Waals surface area contributed by atoms with Crippen LogP contribution in [-0.4, -0.2) is 69.8 Å². The molecule has 3 heterocycles. The lowest BCUT2D eigenvalue weighted by atomic mass is 9.62. The summed E-state index contributed by atoms with van der Waals surface area (Å²) in [4.78, 5) is 43.0. The predicted molar refractivity (Wildman–Crippen MR) is 122 cm³/mol. The van der Waals surface area contributed by atoms with Gasteiger partial charge >= 0.3 is 5.97 Å². The van der Waals surface area contributed by atoms with Crippen LogP contribution in [0.1, 0.15) is 26.7 Å². The lowest BCUT2D eigenvalue weighted by molar-refractivity contribution is -0.156. The zero-order chi connectivity index (χ0) is 24.1. The maximum atomic E-state index is 14.2. The first-order chi connectivity index (χ1) is 15.6. The molecule has 6 atom stereocenters. The molecule has 0 aliphatic carbocycles. The Morgan fingerprint density at radius 3 is 2.70 bits per heavy atom. The van der Waals surface area contributed by atoms with Gasteiger partial charge in [-0.25, -0.2) is 0 Å². The number of halogens is 1. The lowest BCUT2D eigenvalue weighted by Gasteiger charge is -2.37. The van der Waals surface area contributed by atoms with Crippen LogP contribution in [0.5, 0.6) is 0 Å². The van der Waals surface area contributed by atoms with Crippen LogP contribution in [0.15, 0.2) is 36.9 Å². The number of fused-ring (bicyclic) bond motifs is 1. The summed E-state index contributed by atoms with van der Waals surface area (Å²) < 4.78 is 6.45. The molecule has 1 aromatic rings. The summed E-state index contributed by atoms with van der Waals surface area (Å²) in [6, 6.07) is 5.87. The third-order valence-corrected chi connectivity index (χ3v) is 7.91. The number of benzene rings is 1. The second-order valence-corrected chi connectivity index (χ2v) is 9.75. The molecule has 9 heteroatoms. The molecule has 4 rings (SSSR count). The summed E-state index contributed by atoms with van der Waals surface area (Å²) in [7, 11) is 0. The van der Waals surface area contributed by atoms with Crippen molar-refractivity contribution in [2.24, 2.45) is 17.8 Å². The average molecular weight is 477 g/mol. The van der Waals surface area contributed by atoms with E-state index in [1.807, 2.05) is 6.92 Å². The minimum atomic E-state index is -1.26. The number of nitrogens with zero attached hydrogens (tertiary/aromatic N) is 2. The number of likely N-dealkylation sites (tertiary alicyclic amines) is 1. The summed E-state index contributed by atoms with van der Waals surface area (Å²) >= 11 is 6.40. The molecule has 3 saturated heterocycles. The number of hydrogen-bond acceptors (Lipinski definition) is 5. The molecule has 3 aliphatic rings. The van der Waals surface area contributed by atoms with Crippen LogP contribution in [0.3, 0.4) is 0 Å². The van der Waals surface area contributed by atoms with Gasteiger partial charge in [-0.2, -0.15) is 0 Å². The Kier molecular flexibility index (Phi) is 6.05. The number of carboxylic acid groups (broad SMARTS) is 1. The Morgan fingerprint density at radius 2 is 2.09 bits per heavy atom. The summed E-state index contributed by atoms with van der Waals surface area (Å²) in [6.45, 7) is 7.49. The van der Waals surface area contributed by atoms with Crippen molar-refractivity contribution in [1.29, 1.82) is 0 Å². The van der Waals surface area contributed by atoms with E-state index in [0.717, 1.165) is 0 Å². The highest BCUT2D eigenvalue weighted by Crippen LogP contribution is 2.65. The molecule has 8 nitrogen and oxygen atoms in total. The molecule has 3 unspecified atom stereocenters. The monoisotopic (exact) mass is 476 g/mol. The van der Waals surface area contributed by atoms with Crippen LogP contribution in [0.4, 0.5) is 5.69 Å². The third-order valence-electron chi connectivity index (χ3n) is 7.59. The van der Waals surface area contributed by atoms with Gasteiger partial charge in [-0.3, -0.25) is 14.4 Å². The van der Waals surface area contributed by atoms with E-state index in [0.29, 0.717) is 17.1 Å². The van der Waals surface area contributed by atoms with Gasteiger partial charge in [0.15, 0.2) is 0 Å². The molecule has 3 aliphatic heterocycles. The van der Waals surface area contributed by atoms with E-state index in [1.165, 1.54) is 9.80 Å². The molecule has 2 bridgehead atoms. The number of aliphatic hydroxyl groups is 1. The smallest absolute Gasteiger partial charge is 0.310 e. The van der Waals surface area contributed by atoms with Gasteiger partial charge < -0.3 is 24.7 Å². The quantitative estimate of drug-likeness (QED) is 0.558. The standard InChI is InChI=1S/C24H29ClN2O6/c1-4-10-26(16-9-6-5-8-15(16)25)21(30)19-24-13-14(2)23(3,33-24)18(22(31)32)17(24)20(29)27(19)11-7-12-28/h4-6,8-9,14,17-19,28H,1,7,10-13H2,2-3H3,(H,31,32)/t14?,17-,18-,19?,23+,24?/m0/s1. The van der Waals surface area contributed by atoms with Crippen molar-refractivity contribution in [1.82, 2.24) is 4.90 Å². The molecule has 1 aromatic carbocycles. The van der Waals surface area contributed by atoms with E-state index in [-0.39, 0.29) is 32.0 Å². The van der Waals surface area contributed by atoms with E-state index >= 15 is 0 Å². The Bertz CT molecular complexity index is 1000. The zero-order valence-electron chi connectivity index (χ0n) is 18.7. The van der Waals surface area contributed by atoms with Crippen LogP contribution < -0.4 is 4.90 Å². The number of carbonyl (C=O) groups excluding carboxylic acids is 2. The maximum absolute atomic E-state index is 14.2. The minimum absolute atomic E-state index is 0.120. The number of carbonyl (C=O) groups is 3. The van der Waals surface area contributed by atoms with Gasteiger partial charge in [0.1, 0.15) is 17.6 Å². The molecular weight excluding hydrogens is 448 g/mol. The summed E-state index contributed by atoms with van der Waals surface area (Å²) in [5, 5.41) is 19.8. The number of aliphatic carboxylic acids is 1. The second kappa shape index (κ2) is 8.42. The van der Waals surface area contributed by atoms with E-state index in [2.05, 4.69) is 6.58 Å². The van der Waals surface area contributed by atoms with Crippen LogP contribution in [0.25, 0.3) is 0 Å². The predicted octanol–water partition coefficient (Wildman–Crippen LogP) is 2.34. The van der Waals surface area contributed by atoms with Crippen LogP contribution in [0.2, 0.25) is 5.02 Å². The molecule has 3 fully saturated rings. The van der Waals surface area contributed by atoms with Crippen molar-refractivity contribution in [3.05, 3.63) is 41.9 Å². The van der Waals surface area contributed by atoms with E-state index in [4.69, 9.17) is 16.3 Å². The van der Waals surface area contributed by atoms with Crippen molar-refractivity contribution in [3.8, 4) is 0 Å². The number of amides is 2. The Labute approximate surface area is 197 Å². The Balaban J connectivity index is 1.84. The third kappa shape index (κ3) is 3.30. The van der Waals surface area contributed by atoms with Crippen LogP contribution >= 0.6 is 11.6 Å². The highest BCUT2D eigenvalue weighted by Gasteiger charge is 2.80. The van der Waals surface area contributed by atoms with Gasteiger partial charge in [0, 0.05) is 19.7 Å². The highest BCUT2D eigenvalue weighted by atomic mass is 35.5. The van der Waals surface area contributed by atoms with Crippen molar-refractivity contribution in [3.63, 3.8) is 0 Å². The van der Waals surface area contributed by atoms with Gasteiger partial charge in [0.25, 0.3) is 5.91 Å². The normalized spacial score (nSPS) is 34.4. The van der Waals surface area contributed by atoms with E-state index in [1.54, 1.807) is 37.3 Å². The topological polar surface area (TPSA) is 107 Å². The number of rotatable bonds is 8. The fraction of sp³-hybridized carbons (Fsp3) is 0.542. The summed E-state index contributed by atoms with van der Waals surface area (Å²) in [5.74, 6) is -4.11. The van der Waals surface area contributed by atoms with Crippen molar-refractivity contribution >= 4 is 35.1 Å². The molecule has 178 valence electrons. The number of anilines is 1. The largest absolute Gasteiger partial charge is 0.481 e. The Morgan fingerprint density at radius 1 is 1.39 bits per heavy atom. The first kappa shape index (κ1) is 23.7. The van der Waals surface area contributed by atoms with Crippen LogP contribution in [0, 0.1) is 17.8 Å². The summed E-state index contributed by atoms with van der Waals surface area (Å²) in [6.07, 6.45) is 2.22. The SMILES string of the molecule is C=CCN(C(=O)C1N(CCCO)C(=O)[C@@H]2[C@@H](C(=O)O)[C@]3(C)OC12CC3C)c1ccccc1Cl. The highest BCUT2D eigenvalue weighted by molar-refractivity contribution is 6.34. The van der Waals surface area contributed by atoms with Gasteiger partial charge in [-0.15, -0.1) is 6.58 Å². The molecule has 2 N–H and O–H groups in total. The van der Waals surface area contributed by atoms with Crippen molar-refractivity contribution in [2.45, 2.75) is 43.9 Å². The fourth-order valence-corrected chi connectivity index (χ4v) is 6.37. The second-order valence-electron chi connectivity index (χ2n) is 9.34. The van der Waals surface area contributed by atoms with Crippen LogP contribution in [-0.2, 0) is 19.1 Å².